The smallest absolute Gasteiger partial charge is 0.226 e. The number of rotatable bonds is 5. The molecule has 0 amide bonds. The Kier molecular flexibility index (Phi) is 4.05. The van der Waals surface area contributed by atoms with Crippen molar-refractivity contribution in [3.05, 3.63) is 12.3 Å². The van der Waals surface area contributed by atoms with Crippen LogP contribution in [0.3, 0.4) is 0 Å². The summed E-state index contributed by atoms with van der Waals surface area (Å²) < 4.78 is 0. The molecule has 1 aromatic rings. The number of nitrogens with zero attached hydrogens (tertiary/aromatic N) is 4. The molecule has 5 nitrogen and oxygen atoms in total. The summed E-state index contributed by atoms with van der Waals surface area (Å²) in [7, 11) is 3.98. The third-order valence-corrected chi connectivity index (χ3v) is 4.16. The molecule has 110 valence electrons. The summed E-state index contributed by atoms with van der Waals surface area (Å²) in [5.74, 6) is 2.65. The molecular formula is C15H25N5. The lowest BCUT2D eigenvalue weighted by molar-refractivity contribution is 0.375. The molecule has 0 aromatic carbocycles. The molecule has 0 bridgehead atoms. The van der Waals surface area contributed by atoms with Crippen molar-refractivity contribution in [2.24, 2.45) is 5.92 Å². The van der Waals surface area contributed by atoms with Crippen molar-refractivity contribution in [2.75, 3.05) is 43.5 Å². The third-order valence-electron chi connectivity index (χ3n) is 4.16. The van der Waals surface area contributed by atoms with Crippen LogP contribution in [0.25, 0.3) is 0 Å². The van der Waals surface area contributed by atoms with E-state index in [0.717, 1.165) is 30.8 Å². The van der Waals surface area contributed by atoms with Crippen molar-refractivity contribution in [1.82, 2.24) is 15.3 Å². The molecule has 1 saturated carbocycles. The second kappa shape index (κ2) is 5.95. The van der Waals surface area contributed by atoms with E-state index in [1.54, 1.807) is 0 Å². The fraction of sp³-hybridized carbons (Fsp3) is 0.733. The van der Waals surface area contributed by atoms with Gasteiger partial charge < -0.3 is 15.1 Å². The molecule has 1 atom stereocenters. The Bertz CT molecular complexity index is 438. The van der Waals surface area contributed by atoms with Gasteiger partial charge in [-0.1, -0.05) is 0 Å². The lowest BCUT2D eigenvalue weighted by Crippen LogP contribution is -2.39. The molecule has 2 aliphatic rings. The highest BCUT2D eigenvalue weighted by Gasteiger charge is 2.32. The summed E-state index contributed by atoms with van der Waals surface area (Å²) in [6.07, 6.45) is 7.13. The van der Waals surface area contributed by atoms with Gasteiger partial charge >= 0.3 is 0 Å². The summed E-state index contributed by atoms with van der Waals surface area (Å²) in [6, 6.07) is 2.75. The maximum Gasteiger partial charge on any atom is 0.226 e. The van der Waals surface area contributed by atoms with Crippen LogP contribution in [0.2, 0.25) is 0 Å². The van der Waals surface area contributed by atoms with E-state index >= 15 is 0 Å². The van der Waals surface area contributed by atoms with E-state index in [1.807, 2.05) is 25.2 Å². The molecule has 1 aromatic heterocycles. The van der Waals surface area contributed by atoms with Gasteiger partial charge in [-0.3, -0.25) is 0 Å². The van der Waals surface area contributed by atoms with Crippen LogP contribution in [-0.2, 0) is 0 Å². The number of nitrogens with one attached hydrogen (secondary N) is 1. The predicted molar refractivity (Wildman–Crippen MR) is 82.3 cm³/mol. The molecule has 20 heavy (non-hydrogen) atoms. The molecular weight excluding hydrogens is 250 g/mol. The van der Waals surface area contributed by atoms with E-state index in [-0.39, 0.29) is 0 Å². The topological polar surface area (TPSA) is 44.3 Å². The third kappa shape index (κ3) is 3.20. The van der Waals surface area contributed by atoms with E-state index in [9.17, 15) is 0 Å². The minimum absolute atomic E-state index is 0.696. The second-order valence-electron chi connectivity index (χ2n) is 6.21. The van der Waals surface area contributed by atoms with Crippen LogP contribution in [0, 0.1) is 5.92 Å². The van der Waals surface area contributed by atoms with Crippen molar-refractivity contribution < 1.29 is 0 Å². The van der Waals surface area contributed by atoms with E-state index in [0.29, 0.717) is 6.04 Å². The van der Waals surface area contributed by atoms with E-state index < -0.39 is 0 Å². The van der Waals surface area contributed by atoms with Crippen molar-refractivity contribution in [1.29, 1.82) is 0 Å². The minimum atomic E-state index is 0.696. The Morgan fingerprint density at radius 3 is 2.80 bits per heavy atom. The van der Waals surface area contributed by atoms with E-state index in [1.165, 1.54) is 32.2 Å². The number of aromatic nitrogens is 2. The maximum absolute atomic E-state index is 4.72. The van der Waals surface area contributed by atoms with Gasteiger partial charge in [-0.05, 0) is 50.8 Å². The lowest BCUT2D eigenvalue weighted by Gasteiger charge is -2.31. The van der Waals surface area contributed by atoms with Crippen molar-refractivity contribution in [3.63, 3.8) is 0 Å². The molecule has 0 radical (unpaired) electrons. The Hall–Kier alpha value is -1.36. The first-order valence-electron chi connectivity index (χ1n) is 7.72. The summed E-state index contributed by atoms with van der Waals surface area (Å²) in [6.45, 7) is 3.45. The number of hydrogen-bond acceptors (Lipinski definition) is 5. The van der Waals surface area contributed by atoms with Gasteiger partial charge in [0.1, 0.15) is 5.82 Å². The highest BCUT2D eigenvalue weighted by molar-refractivity contribution is 5.45. The van der Waals surface area contributed by atoms with Gasteiger partial charge in [0, 0.05) is 32.9 Å². The highest BCUT2D eigenvalue weighted by Crippen LogP contribution is 2.32. The summed E-state index contributed by atoms with van der Waals surface area (Å²) in [4.78, 5) is 13.5. The molecule has 1 saturated heterocycles. The Labute approximate surface area is 121 Å². The van der Waals surface area contributed by atoms with Crippen LogP contribution in [0.15, 0.2) is 12.3 Å². The average Bonchev–Trinajstić information content (AvgIpc) is 3.30. The fourth-order valence-corrected chi connectivity index (χ4v) is 2.89. The first kappa shape index (κ1) is 13.6. The van der Waals surface area contributed by atoms with Crippen molar-refractivity contribution in [2.45, 2.75) is 31.7 Å². The van der Waals surface area contributed by atoms with Gasteiger partial charge in [0.2, 0.25) is 5.95 Å². The van der Waals surface area contributed by atoms with Crippen molar-refractivity contribution in [3.8, 4) is 0 Å². The SMILES string of the molecule is CN(C)c1nccc(N(CC2CCCNC2)C2CC2)n1. The highest BCUT2D eigenvalue weighted by atomic mass is 15.3. The Balaban J connectivity index is 1.74. The molecule has 1 aliphatic heterocycles. The molecule has 1 aliphatic carbocycles. The average molecular weight is 275 g/mol. The monoisotopic (exact) mass is 275 g/mol. The van der Waals surface area contributed by atoms with Crippen LogP contribution in [0.5, 0.6) is 0 Å². The zero-order chi connectivity index (χ0) is 13.9. The molecule has 5 heteroatoms. The van der Waals surface area contributed by atoms with Crippen molar-refractivity contribution >= 4 is 11.8 Å². The van der Waals surface area contributed by atoms with Gasteiger partial charge in [-0.15, -0.1) is 0 Å². The lowest BCUT2D eigenvalue weighted by atomic mass is 9.99. The van der Waals surface area contributed by atoms with Gasteiger partial charge in [0.15, 0.2) is 0 Å². The standard InChI is InChI=1S/C15H25N5/c1-19(2)15-17-9-7-14(18-15)20(13-5-6-13)11-12-4-3-8-16-10-12/h7,9,12-13,16H,3-6,8,10-11H2,1-2H3. The van der Waals surface area contributed by atoms with Crippen LogP contribution >= 0.6 is 0 Å². The number of hydrogen-bond donors (Lipinski definition) is 1. The minimum Gasteiger partial charge on any atom is -0.353 e. The van der Waals surface area contributed by atoms with Crippen LogP contribution in [0.4, 0.5) is 11.8 Å². The van der Waals surface area contributed by atoms with Crippen LogP contribution < -0.4 is 15.1 Å². The maximum atomic E-state index is 4.72. The molecule has 1 N–H and O–H groups in total. The number of piperidine rings is 1. The summed E-state index contributed by atoms with van der Waals surface area (Å²) >= 11 is 0. The number of anilines is 2. The van der Waals surface area contributed by atoms with Crippen LogP contribution in [0.1, 0.15) is 25.7 Å². The zero-order valence-corrected chi connectivity index (χ0v) is 12.5. The normalized spacial score (nSPS) is 22.6. The molecule has 0 spiro atoms. The second-order valence-corrected chi connectivity index (χ2v) is 6.21. The van der Waals surface area contributed by atoms with Gasteiger partial charge in [-0.25, -0.2) is 4.98 Å². The van der Waals surface area contributed by atoms with Gasteiger partial charge in [-0.2, -0.15) is 4.98 Å². The first-order valence-corrected chi connectivity index (χ1v) is 7.72. The quantitative estimate of drug-likeness (QED) is 0.882. The summed E-state index contributed by atoms with van der Waals surface area (Å²) in [5.41, 5.74) is 0. The van der Waals surface area contributed by atoms with Crippen LogP contribution in [-0.4, -0.2) is 49.7 Å². The first-order chi connectivity index (χ1) is 9.74. The largest absolute Gasteiger partial charge is 0.353 e. The Morgan fingerprint density at radius 1 is 1.30 bits per heavy atom. The van der Waals surface area contributed by atoms with Gasteiger partial charge in [0.05, 0.1) is 0 Å². The zero-order valence-electron chi connectivity index (χ0n) is 12.5. The fourth-order valence-electron chi connectivity index (χ4n) is 2.89. The predicted octanol–water partition coefficient (Wildman–Crippen LogP) is 1.51. The summed E-state index contributed by atoms with van der Waals surface area (Å²) in [5, 5.41) is 3.51. The molecule has 3 rings (SSSR count). The van der Waals surface area contributed by atoms with Gasteiger partial charge in [0.25, 0.3) is 0 Å². The molecule has 2 heterocycles. The van der Waals surface area contributed by atoms with E-state index in [2.05, 4.69) is 21.3 Å². The molecule has 2 fully saturated rings. The van der Waals surface area contributed by atoms with E-state index in [4.69, 9.17) is 4.98 Å². The Morgan fingerprint density at radius 2 is 2.15 bits per heavy atom. The molecule has 1 unspecified atom stereocenters.